The number of benzene rings is 1. The number of aliphatic hydroxyl groups is 1. The van der Waals surface area contributed by atoms with Gasteiger partial charge in [-0.2, -0.15) is 0 Å². The summed E-state index contributed by atoms with van der Waals surface area (Å²) in [7, 11) is 4.23. The summed E-state index contributed by atoms with van der Waals surface area (Å²) in [6.07, 6.45) is 0. The van der Waals surface area contributed by atoms with Crippen LogP contribution in [0.4, 0.5) is 0 Å². The molecule has 1 saturated heterocycles. The Hall–Kier alpha value is -0.420. The van der Waals surface area contributed by atoms with Crippen molar-refractivity contribution in [2.45, 2.75) is 12.7 Å². The van der Waals surface area contributed by atoms with Crippen molar-refractivity contribution in [2.24, 2.45) is 0 Å². The Morgan fingerprint density at radius 2 is 1.82 bits per heavy atom. The lowest BCUT2D eigenvalue weighted by atomic mass is 10.0. The topological polar surface area (TPSA) is 29.5 Å². The number of hydrogen-bond donors (Lipinski definition) is 1. The van der Waals surface area contributed by atoms with Gasteiger partial charge in [-0.15, -0.1) is 0 Å². The molecule has 0 aliphatic carbocycles. The van der Waals surface area contributed by atoms with Crippen LogP contribution in [0.25, 0.3) is 0 Å². The van der Waals surface area contributed by atoms with E-state index >= 15 is 0 Å². The van der Waals surface area contributed by atoms with Crippen molar-refractivity contribution in [2.75, 3.05) is 33.8 Å². The quantitative estimate of drug-likeness (QED) is 0.624. The van der Waals surface area contributed by atoms with Gasteiger partial charge in [-0.3, -0.25) is 0 Å². The molecule has 1 atom stereocenters. The maximum atomic E-state index is 10.5. The summed E-state index contributed by atoms with van der Waals surface area (Å²) in [5, 5.41) is 10.5. The zero-order valence-electron chi connectivity index (χ0n) is 10.6. The van der Waals surface area contributed by atoms with Crippen molar-refractivity contribution in [3.8, 4) is 0 Å². The first-order chi connectivity index (χ1) is 7.41. The first-order valence-corrected chi connectivity index (χ1v) is 5.67. The monoisotopic (exact) mass is 301 g/mol. The van der Waals surface area contributed by atoms with E-state index in [4.69, 9.17) is 4.74 Å². The predicted octanol–water partition coefficient (Wildman–Crippen LogP) is -1.75. The van der Waals surface area contributed by atoms with Gasteiger partial charge in [-0.25, -0.2) is 0 Å². The number of nitrogens with zero attached hydrogens (tertiary/aromatic N) is 1. The van der Waals surface area contributed by atoms with E-state index in [9.17, 15) is 5.11 Å². The number of likely N-dealkylation sites (N-methyl/N-ethyl adjacent to an activating group) is 1. The number of quaternary nitrogens is 1. The summed E-state index contributed by atoms with van der Waals surface area (Å²) in [6.45, 7) is 4.16. The van der Waals surface area contributed by atoms with Gasteiger partial charge >= 0.3 is 0 Å². The second-order valence-electron chi connectivity index (χ2n) is 5.32. The van der Waals surface area contributed by atoms with Crippen LogP contribution in [0.3, 0.4) is 0 Å². The lowest BCUT2D eigenvalue weighted by Crippen LogP contribution is -3.00. The highest BCUT2D eigenvalue weighted by Gasteiger charge is 2.42. The van der Waals surface area contributed by atoms with Crippen molar-refractivity contribution in [3.05, 3.63) is 35.4 Å². The van der Waals surface area contributed by atoms with Crippen molar-refractivity contribution >= 4 is 0 Å². The third kappa shape index (κ3) is 3.28. The molecule has 1 aliphatic rings. The molecule has 4 heteroatoms. The number of aryl methyl sites for hydroxylation is 1. The molecule has 0 radical (unpaired) electrons. The minimum absolute atomic E-state index is 0. The molecule has 0 bridgehead atoms. The predicted molar refractivity (Wildman–Crippen MR) is 62.9 cm³/mol. The molecule has 1 N–H and O–H groups in total. The molecule has 1 aromatic rings. The van der Waals surface area contributed by atoms with Crippen LogP contribution in [-0.4, -0.2) is 43.4 Å². The molecule has 1 fully saturated rings. The molecule has 2 rings (SSSR count). The SMILES string of the molecule is Cc1ccc([C@]2(O)C[N+](C)(C)CCO2)cc1.[Br-]. The molecule has 1 aromatic carbocycles. The molecule has 17 heavy (non-hydrogen) atoms. The van der Waals surface area contributed by atoms with E-state index in [1.807, 2.05) is 31.2 Å². The Labute approximate surface area is 113 Å². The highest BCUT2D eigenvalue weighted by atomic mass is 79.9. The Morgan fingerprint density at radius 3 is 2.35 bits per heavy atom. The second-order valence-corrected chi connectivity index (χ2v) is 5.32. The first kappa shape index (κ1) is 14.6. The Bertz CT molecular complexity index is 378. The molecule has 96 valence electrons. The van der Waals surface area contributed by atoms with Gasteiger partial charge in [0.2, 0.25) is 5.79 Å². The fourth-order valence-corrected chi connectivity index (χ4v) is 2.16. The summed E-state index contributed by atoms with van der Waals surface area (Å²) in [4.78, 5) is 0. The fraction of sp³-hybridized carbons (Fsp3) is 0.538. The second kappa shape index (κ2) is 5.06. The third-order valence-electron chi connectivity index (χ3n) is 3.18. The molecular formula is C13H20BrNO2. The van der Waals surface area contributed by atoms with E-state index in [-0.39, 0.29) is 17.0 Å². The number of morpholine rings is 1. The van der Waals surface area contributed by atoms with Gasteiger partial charge in [0.25, 0.3) is 0 Å². The standard InChI is InChI=1S/C13H20NO2.BrH/c1-11-4-6-12(7-5-11)13(15)10-14(2,3)8-9-16-13;/h4-7,15H,8-10H2,1-3H3;1H/q+1;/p-1/t13-;/m0./s1. The highest BCUT2D eigenvalue weighted by molar-refractivity contribution is 5.25. The molecule has 0 aromatic heterocycles. The summed E-state index contributed by atoms with van der Waals surface area (Å²) in [5.41, 5.74) is 2.04. The Morgan fingerprint density at radius 1 is 1.24 bits per heavy atom. The zero-order chi connectivity index (χ0) is 11.8. The molecule has 0 unspecified atom stereocenters. The largest absolute Gasteiger partial charge is 1.00 e. The van der Waals surface area contributed by atoms with Crippen LogP contribution in [0.2, 0.25) is 0 Å². The van der Waals surface area contributed by atoms with Gasteiger partial charge in [0.15, 0.2) is 0 Å². The zero-order valence-corrected chi connectivity index (χ0v) is 12.2. The van der Waals surface area contributed by atoms with Crippen LogP contribution in [0, 0.1) is 6.92 Å². The van der Waals surface area contributed by atoms with Crippen LogP contribution in [0.1, 0.15) is 11.1 Å². The lowest BCUT2D eigenvalue weighted by Gasteiger charge is -2.42. The number of ether oxygens (including phenoxy) is 1. The first-order valence-electron chi connectivity index (χ1n) is 5.67. The summed E-state index contributed by atoms with van der Waals surface area (Å²) in [5.74, 6) is -1.13. The van der Waals surface area contributed by atoms with Crippen LogP contribution < -0.4 is 17.0 Å². The van der Waals surface area contributed by atoms with E-state index in [1.54, 1.807) is 0 Å². The van der Waals surface area contributed by atoms with E-state index < -0.39 is 5.79 Å². The maximum absolute atomic E-state index is 10.5. The summed E-state index contributed by atoms with van der Waals surface area (Å²) < 4.78 is 6.35. The van der Waals surface area contributed by atoms with Crippen LogP contribution >= 0.6 is 0 Å². The molecule has 0 amide bonds. The van der Waals surface area contributed by atoms with Gasteiger partial charge in [-0.1, -0.05) is 29.8 Å². The minimum Gasteiger partial charge on any atom is -1.00 e. The van der Waals surface area contributed by atoms with Crippen molar-refractivity contribution in [1.29, 1.82) is 0 Å². The lowest BCUT2D eigenvalue weighted by molar-refractivity contribution is -0.912. The number of halogens is 1. The average Bonchev–Trinajstić information content (AvgIpc) is 2.16. The average molecular weight is 302 g/mol. The van der Waals surface area contributed by atoms with Crippen LogP contribution in [0.5, 0.6) is 0 Å². The molecule has 0 saturated carbocycles. The van der Waals surface area contributed by atoms with E-state index in [0.29, 0.717) is 13.2 Å². The van der Waals surface area contributed by atoms with Gasteiger partial charge in [0.1, 0.15) is 13.1 Å². The van der Waals surface area contributed by atoms with Crippen molar-refractivity contribution in [3.63, 3.8) is 0 Å². The molecule has 1 aliphatic heterocycles. The van der Waals surface area contributed by atoms with Gasteiger partial charge < -0.3 is 31.3 Å². The molecule has 3 nitrogen and oxygen atoms in total. The normalized spacial score (nSPS) is 27.3. The van der Waals surface area contributed by atoms with E-state index in [2.05, 4.69) is 14.1 Å². The molecule has 1 heterocycles. The highest BCUT2D eigenvalue weighted by Crippen LogP contribution is 2.29. The third-order valence-corrected chi connectivity index (χ3v) is 3.18. The maximum Gasteiger partial charge on any atom is 0.243 e. The van der Waals surface area contributed by atoms with Crippen LogP contribution in [-0.2, 0) is 10.5 Å². The molecular weight excluding hydrogens is 282 g/mol. The summed E-state index contributed by atoms with van der Waals surface area (Å²) >= 11 is 0. The van der Waals surface area contributed by atoms with Crippen molar-refractivity contribution < 1.29 is 31.3 Å². The van der Waals surface area contributed by atoms with Gasteiger partial charge in [-0.05, 0) is 6.92 Å². The number of rotatable bonds is 1. The summed E-state index contributed by atoms with van der Waals surface area (Å²) in [6, 6.07) is 7.90. The van der Waals surface area contributed by atoms with Crippen LogP contribution in [0.15, 0.2) is 24.3 Å². The number of hydrogen-bond acceptors (Lipinski definition) is 2. The van der Waals surface area contributed by atoms with Gasteiger partial charge in [0, 0.05) is 5.56 Å². The smallest absolute Gasteiger partial charge is 0.243 e. The minimum atomic E-state index is -1.13. The fourth-order valence-electron chi connectivity index (χ4n) is 2.16. The van der Waals surface area contributed by atoms with E-state index in [0.717, 1.165) is 16.6 Å². The Kier molecular flexibility index (Phi) is 4.36. The Balaban J connectivity index is 0.00000144. The van der Waals surface area contributed by atoms with E-state index in [1.165, 1.54) is 5.56 Å². The van der Waals surface area contributed by atoms with Crippen molar-refractivity contribution in [1.82, 2.24) is 0 Å². The molecule has 0 spiro atoms. The van der Waals surface area contributed by atoms with Gasteiger partial charge in [0.05, 0.1) is 20.7 Å².